The van der Waals surface area contributed by atoms with E-state index in [0.29, 0.717) is 46.3 Å². The van der Waals surface area contributed by atoms with Gasteiger partial charge in [0.1, 0.15) is 11.4 Å². The van der Waals surface area contributed by atoms with Gasteiger partial charge in [-0.05, 0) is 63.4 Å². The minimum atomic E-state index is -2.66. The highest BCUT2D eigenvalue weighted by Crippen LogP contribution is 2.49. The van der Waals surface area contributed by atoms with Crippen LogP contribution in [0.3, 0.4) is 0 Å². The fourth-order valence-electron chi connectivity index (χ4n) is 6.31. The second-order valence-electron chi connectivity index (χ2n) is 11.8. The van der Waals surface area contributed by atoms with E-state index in [2.05, 4.69) is 9.97 Å². The number of imidazole rings is 1. The molecule has 9 nitrogen and oxygen atoms in total. The SMILES string of the molecule is [2H]C([2H])([2H])N1C(=O)c2cccc(Cl)c2[C@H]2C[C@@H]1c1nc3ccc(-c4cnc(C5CCCN5C(=O)OC(C)(C)C)nc4)cc3n12. The molecule has 0 radical (unpaired) electrons. The molecule has 0 aliphatic carbocycles. The molecule has 41 heavy (non-hydrogen) atoms. The number of amides is 2. The Bertz CT molecular complexity index is 1820. The first-order chi connectivity index (χ1) is 20.8. The van der Waals surface area contributed by atoms with Crippen molar-refractivity contribution in [3.63, 3.8) is 0 Å². The molecular weight excluding hydrogens is 540 g/mol. The summed E-state index contributed by atoms with van der Waals surface area (Å²) in [7, 11) is 0. The molecule has 0 spiro atoms. The van der Waals surface area contributed by atoms with Crippen molar-refractivity contribution in [1.29, 1.82) is 0 Å². The quantitative estimate of drug-likeness (QED) is 0.278. The number of nitrogens with zero attached hydrogens (tertiary/aromatic N) is 6. The highest BCUT2D eigenvalue weighted by molar-refractivity contribution is 6.32. The lowest BCUT2D eigenvalue weighted by Gasteiger charge is -2.27. The molecule has 0 saturated carbocycles. The molecule has 2 aromatic carbocycles. The Balaban J connectivity index is 1.26. The Morgan fingerprint density at radius 3 is 2.66 bits per heavy atom. The van der Waals surface area contributed by atoms with Crippen molar-refractivity contribution in [1.82, 2.24) is 29.3 Å². The van der Waals surface area contributed by atoms with Crippen molar-refractivity contribution in [2.24, 2.45) is 0 Å². The average Bonchev–Trinajstić information content (AvgIpc) is 3.64. The minimum absolute atomic E-state index is 0.253. The Morgan fingerprint density at radius 2 is 1.90 bits per heavy atom. The molecule has 5 heterocycles. The topological polar surface area (TPSA) is 93.5 Å². The predicted molar refractivity (Wildman–Crippen MR) is 155 cm³/mol. The van der Waals surface area contributed by atoms with Crippen LogP contribution in [0, 0.1) is 0 Å². The summed E-state index contributed by atoms with van der Waals surface area (Å²) in [6.45, 7) is 3.47. The summed E-state index contributed by atoms with van der Waals surface area (Å²) in [5.41, 5.74) is 3.43. The van der Waals surface area contributed by atoms with Gasteiger partial charge in [-0.2, -0.15) is 0 Å². The molecule has 2 amide bonds. The standard InChI is InChI=1S/C31H31ClN6O3/c1-31(2,3)41-30(40)37-12-6-9-22(37)27-33-15-18(16-34-27)17-10-11-21-23(13-17)38-24-14-25(28(38)35-21)36(4)29(39)19-7-5-8-20(32)26(19)24/h5,7-8,10-11,13,15-16,22,24-25H,6,9,12,14H2,1-4H3/t22?,24-,25-/m1/s1/i4D3. The third-order valence-corrected chi connectivity index (χ3v) is 8.43. The third kappa shape index (κ3) is 4.17. The maximum Gasteiger partial charge on any atom is 0.410 e. The van der Waals surface area contributed by atoms with Crippen LogP contribution in [0.1, 0.15) is 89.8 Å². The summed E-state index contributed by atoms with van der Waals surface area (Å²) < 4.78 is 32.2. The van der Waals surface area contributed by atoms with Crippen molar-refractivity contribution in [2.75, 3.05) is 13.5 Å². The van der Waals surface area contributed by atoms with Gasteiger partial charge in [-0.3, -0.25) is 9.69 Å². The molecule has 0 N–H and O–H groups in total. The van der Waals surface area contributed by atoms with E-state index in [1.165, 1.54) is 0 Å². The number of halogens is 1. The Morgan fingerprint density at radius 1 is 1.10 bits per heavy atom. The lowest BCUT2D eigenvalue weighted by Crippen LogP contribution is -2.36. The molecular formula is C31H31ClN6O3. The molecule has 10 heteroatoms. The average molecular weight is 574 g/mol. The van der Waals surface area contributed by atoms with Crippen molar-refractivity contribution >= 4 is 34.6 Å². The molecule has 1 unspecified atom stereocenters. The fourth-order valence-corrected chi connectivity index (χ4v) is 6.61. The summed E-state index contributed by atoms with van der Waals surface area (Å²) in [5, 5.41) is 0.411. The number of carbonyl (C=O) groups is 2. The zero-order chi connectivity index (χ0) is 31.1. The van der Waals surface area contributed by atoms with Gasteiger partial charge in [-0.15, -0.1) is 0 Å². The number of hydrogen-bond donors (Lipinski definition) is 0. The first kappa shape index (κ1) is 22.7. The van der Waals surface area contributed by atoms with Crippen LogP contribution < -0.4 is 0 Å². The largest absolute Gasteiger partial charge is 0.444 e. The van der Waals surface area contributed by atoms with Crippen LogP contribution in [0.25, 0.3) is 22.2 Å². The summed E-state index contributed by atoms with van der Waals surface area (Å²) in [6, 6.07) is 9.47. The third-order valence-electron chi connectivity index (χ3n) is 8.10. The lowest BCUT2D eigenvalue weighted by molar-refractivity contribution is 0.0218. The van der Waals surface area contributed by atoms with E-state index in [9.17, 15) is 9.59 Å². The van der Waals surface area contributed by atoms with Gasteiger partial charge in [0.25, 0.3) is 5.91 Å². The maximum atomic E-state index is 13.6. The maximum absolute atomic E-state index is 13.6. The molecule has 3 atom stereocenters. The predicted octanol–water partition coefficient (Wildman–Crippen LogP) is 6.34. The van der Waals surface area contributed by atoms with Gasteiger partial charge < -0.3 is 14.2 Å². The van der Waals surface area contributed by atoms with Crippen molar-refractivity contribution in [2.45, 2.75) is 63.8 Å². The van der Waals surface area contributed by atoms with Crippen molar-refractivity contribution in [3.05, 3.63) is 76.6 Å². The zero-order valence-electron chi connectivity index (χ0n) is 26.0. The van der Waals surface area contributed by atoms with Gasteiger partial charge >= 0.3 is 6.09 Å². The molecule has 4 aromatic rings. The molecule has 7 rings (SSSR count). The first-order valence-corrected chi connectivity index (χ1v) is 14.2. The summed E-state index contributed by atoms with van der Waals surface area (Å²) in [5.74, 6) is 0.514. The molecule has 3 aliphatic heterocycles. The number of ether oxygens (including phenoxy) is 1. The number of hydrogen-bond acceptors (Lipinski definition) is 6. The van der Waals surface area contributed by atoms with E-state index in [0.717, 1.165) is 34.4 Å². The number of likely N-dealkylation sites (tertiary alicyclic amines) is 1. The highest BCUT2D eigenvalue weighted by atomic mass is 35.5. The van der Waals surface area contributed by atoms with Crippen LogP contribution in [0.4, 0.5) is 4.79 Å². The summed E-state index contributed by atoms with van der Waals surface area (Å²) >= 11 is 6.68. The normalized spacial score (nSPS) is 23.1. The number of carbonyl (C=O) groups excluding carboxylic acids is 2. The lowest BCUT2D eigenvalue weighted by atomic mass is 9.98. The Hall–Kier alpha value is -3.98. The number of rotatable bonds is 2. The minimum Gasteiger partial charge on any atom is -0.444 e. The van der Waals surface area contributed by atoms with Crippen LogP contribution in [0.2, 0.25) is 5.02 Å². The van der Waals surface area contributed by atoms with Crippen LogP contribution in [0.15, 0.2) is 48.8 Å². The van der Waals surface area contributed by atoms with Gasteiger partial charge in [-0.1, -0.05) is 23.7 Å². The van der Waals surface area contributed by atoms with Gasteiger partial charge in [0.15, 0.2) is 5.82 Å². The highest BCUT2D eigenvalue weighted by Gasteiger charge is 2.44. The van der Waals surface area contributed by atoms with Gasteiger partial charge in [0.05, 0.1) is 29.2 Å². The van der Waals surface area contributed by atoms with E-state index in [1.807, 2.05) is 43.5 Å². The van der Waals surface area contributed by atoms with Gasteiger partial charge in [-0.25, -0.2) is 19.7 Å². The summed E-state index contributed by atoms with van der Waals surface area (Å²) in [6.07, 6.45) is 5.10. The van der Waals surface area contributed by atoms with Gasteiger partial charge in [0, 0.05) is 58.2 Å². The molecule has 2 bridgehead atoms. The first-order valence-electron chi connectivity index (χ1n) is 15.3. The molecule has 1 saturated heterocycles. The van der Waals surface area contributed by atoms with E-state index < -0.39 is 24.5 Å². The second kappa shape index (κ2) is 9.27. The van der Waals surface area contributed by atoms with E-state index in [1.54, 1.807) is 35.5 Å². The number of benzene rings is 2. The summed E-state index contributed by atoms with van der Waals surface area (Å²) in [4.78, 5) is 43.2. The number of aromatic nitrogens is 4. The zero-order valence-corrected chi connectivity index (χ0v) is 23.7. The smallest absolute Gasteiger partial charge is 0.410 e. The Labute approximate surface area is 247 Å². The van der Waals surface area contributed by atoms with E-state index in [4.69, 9.17) is 25.4 Å². The van der Waals surface area contributed by atoms with Crippen LogP contribution >= 0.6 is 11.6 Å². The van der Waals surface area contributed by atoms with Crippen molar-refractivity contribution < 1.29 is 18.4 Å². The Kier molecular flexibility index (Phi) is 5.13. The van der Waals surface area contributed by atoms with Crippen LogP contribution in [-0.4, -0.2) is 60.4 Å². The molecule has 1 fully saturated rings. The molecule has 210 valence electrons. The number of fused-ring (bicyclic) bond motifs is 9. The molecule has 3 aliphatic rings. The fraction of sp³-hybridized carbons (Fsp3) is 0.387. The van der Waals surface area contributed by atoms with Crippen LogP contribution in [0.5, 0.6) is 0 Å². The monoisotopic (exact) mass is 573 g/mol. The van der Waals surface area contributed by atoms with Gasteiger partial charge in [0.2, 0.25) is 0 Å². The van der Waals surface area contributed by atoms with E-state index >= 15 is 0 Å². The van der Waals surface area contributed by atoms with E-state index in [-0.39, 0.29) is 18.2 Å². The second-order valence-corrected chi connectivity index (χ2v) is 12.3. The molecule has 2 aromatic heterocycles. The van der Waals surface area contributed by atoms with Crippen LogP contribution in [-0.2, 0) is 4.74 Å². The van der Waals surface area contributed by atoms with Crippen molar-refractivity contribution in [3.8, 4) is 11.1 Å².